The quantitative estimate of drug-likeness (QED) is 0.739. The molecule has 0 heterocycles. The molecule has 1 nitrogen and oxygen atoms in total. The molecule has 2 rings (SSSR count). The summed E-state index contributed by atoms with van der Waals surface area (Å²) in [6.07, 6.45) is 1.17. The second-order valence-corrected chi connectivity index (χ2v) is 3.71. The zero-order valence-corrected chi connectivity index (χ0v) is 8.86. The molecule has 0 saturated carbocycles. The summed E-state index contributed by atoms with van der Waals surface area (Å²) in [6.45, 7) is 1.91. The van der Waals surface area contributed by atoms with Gasteiger partial charge in [-0.15, -0.1) is 0 Å². The van der Waals surface area contributed by atoms with E-state index in [2.05, 4.69) is 18.2 Å². The van der Waals surface area contributed by atoms with Gasteiger partial charge in [-0.3, -0.25) is 4.79 Å². The Labute approximate surface area is 89.7 Å². The van der Waals surface area contributed by atoms with Crippen LogP contribution in [-0.2, 0) is 11.2 Å². The second-order valence-electron chi connectivity index (χ2n) is 3.71. The third-order valence-corrected chi connectivity index (χ3v) is 2.66. The highest BCUT2D eigenvalue weighted by molar-refractivity contribution is 5.90. The Balaban J connectivity index is 2.46. The number of fused-ring (bicyclic) bond motifs is 1. The van der Waals surface area contributed by atoms with Crippen molar-refractivity contribution in [3.63, 3.8) is 0 Å². The molecule has 76 valence electrons. The normalized spacial score (nSPS) is 10.5. The molecule has 0 saturated heterocycles. The summed E-state index contributed by atoms with van der Waals surface area (Å²) < 4.78 is 0. The van der Waals surface area contributed by atoms with Crippen LogP contribution in [0.4, 0.5) is 0 Å². The molecule has 0 N–H and O–H groups in total. The second kappa shape index (κ2) is 4.26. The molecule has 2 aromatic rings. The summed E-state index contributed by atoms with van der Waals surface area (Å²) >= 11 is 0. The van der Waals surface area contributed by atoms with Gasteiger partial charge in [0, 0.05) is 12.8 Å². The smallest absolute Gasteiger partial charge is 0.137 e. The first kappa shape index (κ1) is 9.91. The maximum atomic E-state index is 11.4. The summed E-state index contributed by atoms with van der Waals surface area (Å²) in [7, 11) is 0. The van der Waals surface area contributed by atoms with Gasteiger partial charge in [0.1, 0.15) is 5.78 Å². The Morgan fingerprint density at radius 1 is 1.07 bits per heavy atom. The lowest BCUT2D eigenvalue weighted by atomic mass is 10.00. The fourth-order valence-electron chi connectivity index (χ4n) is 1.78. The fourth-order valence-corrected chi connectivity index (χ4v) is 1.78. The first-order chi connectivity index (χ1) is 7.31. The summed E-state index contributed by atoms with van der Waals surface area (Å²) in [4.78, 5) is 11.4. The van der Waals surface area contributed by atoms with Crippen molar-refractivity contribution >= 4 is 16.6 Å². The molecule has 0 atom stereocenters. The van der Waals surface area contributed by atoms with Gasteiger partial charge in [-0.25, -0.2) is 0 Å². The number of hydrogen-bond donors (Lipinski definition) is 0. The van der Waals surface area contributed by atoms with Crippen LogP contribution in [-0.4, -0.2) is 5.78 Å². The zero-order valence-electron chi connectivity index (χ0n) is 8.86. The fraction of sp³-hybridized carbons (Fsp3) is 0.214. The molecule has 2 aromatic carbocycles. The van der Waals surface area contributed by atoms with Crippen molar-refractivity contribution in [2.75, 3.05) is 0 Å². The molecule has 0 fully saturated rings. The Morgan fingerprint density at radius 3 is 2.60 bits per heavy atom. The van der Waals surface area contributed by atoms with Crippen LogP contribution in [0.5, 0.6) is 0 Å². The van der Waals surface area contributed by atoms with Crippen LogP contribution in [0.15, 0.2) is 42.5 Å². The first-order valence-corrected chi connectivity index (χ1v) is 5.29. The van der Waals surface area contributed by atoms with Crippen molar-refractivity contribution in [2.45, 2.75) is 19.8 Å². The van der Waals surface area contributed by atoms with E-state index in [0.717, 1.165) is 5.56 Å². The number of ketones is 1. The minimum absolute atomic E-state index is 0.298. The average molecular weight is 198 g/mol. The van der Waals surface area contributed by atoms with Crippen LogP contribution in [0.2, 0.25) is 0 Å². The third kappa shape index (κ3) is 2.07. The zero-order chi connectivity index (χ0) is 10.7. The Kier molecular flexibility index (Phi) is 2.82. The average Bonchev–Trinajstić information content (AvgIpc) is 2.29. The highest BCUT2D eigenvalue weighted by atomic mass is 16.1. The van der Waals surface area contributed by atoms with E-state index >= 15 is 0 Å². The predicted molar refractivity (Wildman–Crippen MR) is 63.0 cm³/mol. The van der Waals surface area contributed by atoms with Gasteiger partial charge >= 0.3 is 0 Å². The highest BCUT2D eigenvalue weighted by Gasteiger charge is 2.04. The molecule has 0 aliphatic rings. The van der Waals surface area contributed by atoms with E-state index in [1.165, 1.54) is 10.8 Å². The van der Waals surface area contributed by atoms with Crippen LogP contribution in [0.3, 0.4) is 0 Å². The molecule has 0 bridgehead atoms. The first-order valence-electron chi connectivity index (χ1n) is 5.29. The lowest BCUT2D eigenvalue weighted by Gasteiger charge is -2.04. The van der Waals surface area contributed by atoms with Gasteiger partial charge < -0.3 is 0 Å². The minimum atomic E-state index is 0.298. The Morgan fingerprint density at radius 2 is 1.80 bits per heavy atom. The topological polar surface area (TPSA) is 17.1 Å². The van der Waals surface area contributed by atoms with Gasteiger partial charge in [-0.2, -0.15) is 0 Å². The van der Waals surface area contributed by atoms with Gasteiger partial charge in [0.25, 0.3) is 0 Å². The van der Waals surface area contributed by atoms with E-state index in [1.54, 1.807) is 0 Å². The molecule has 15 heavy (non-hydrogen) atoms. The van der Waals surface area contributed by atoms with Crippen molar-refractivity contribution in [3.8, 4) is 0 Å². The maximum Gasteiger partial charge on any atom is 0.137 e. The Bertz CT molecular complexity index is 480. The summed E-state index contributed by atoms with van der Waals surface area (Å²) in [5.74, 6) is 0.298. The van der Waals surface area contributed by atoms with Crippen molar-refractivity contribution in [1.82, 2.24) is 0 Å². The molecule has 0 spiro atoms. The van der Waals surface area contributed by atoms with Gasteiger partial charge in [0.15, 0.2) is 0 Å². The minimum Gasteiger partial charge on any atom is -0.299 e. The Hall–Kier alpha value is -1.63. The predicted octanol–water partition coefficient (Wildman–Crippen LogP) is 3.36. The van der Waals surface area contributed by atoms with E-state index < -0.39 is 0 Å². The lowest BCUT2D eigenvalue weighted by Crippen LogP contribution is -2.00. The molecule has 1 heteroatoms. The summed E-state index contributed by atoms with van der Waals surface area (Å²) in [6, 6.07) is 14.3. The molecule has 0 radical (unpaired) electrons. The van der Waals surface area contributed by atoms with Gasteiger partial charge in [-0.05, 0) is 16.3 Å². The van der Waals surface area contributed by atoms with E-state index in [9.17, 15) is 4.79 Å². The number of rotatable bonds is 3. The molecule has 0 aliphatic carbocycles. The summed E-state index contributed by atoms with van der Waals surface area (Å²) in [5.41, 5.74) is 1.14. The summed E-state index contributed by atoms with van der Waals surface area (Å²) in [5, 5.41) is 2.40. The van der Waals surface area contributed by atoms with Crippen molar-refractivity contribution in [3.05, 3.63) is 48.0 Å². The number of carbonyl (C=O) groups excluding carboxylic acids is 1. The third-order valence-electron chi connectivity index (χ3n) is 2.66. The number of benzene rings is 2. The SMILES string of the molecule is CCC(=O)Cc1cccc2ccccc12. The van der Waals surface area contributed by atoms with Crippen LogP contribution >= 0.6 is 0 Å². The van der Waals surface area contributed by atoms with Gasteiger partial charge in [0.05, 0.1) is 0 Å². The van der Waals surface area contributed by atoms with E-state index in [4.69, 9.17) is 0 Å². The van der Waals surface area contributed by atoms with Crippen LogP contribution < -0.4 is 0 Å². The molecule has 0 amide bonds. The standard InChI is InChI=1S/C14H14O/c1-2-13(15)10-12-8-5-7-11-6-3-4-9-14(11)12/h3-9H,2,10H2,1H3. The van der Waals surface area contributed by atoms with Crippen LogP contribution in [0.1, 0.15) is 18.9 Å². The highest BCUT2D eigenvalue weighted by Crippen LogP contribution is 2.19. The molecule has 0 aromatic heterocycles. The number of carbonyl (C=O) groups is 1. The molecular formula is C14H14O. The number of hydrogen-bond acceptors (Lipinski definition) is 1. The largest absolute Gasteiger partial charge is 0.299 e. The van der Waals surface area contributed by atoms with Gasteiger partial charge in [0.2, 0.25) is 0 Å². The van der Waals surface area contributed by atoms with Crippen molar-refractivity contribution in [2.24, 2.45) is 0 Å². The van der Waals surface area contributed by atoms with Crippen molar-refractivity contribution < 1.29 is 4.79 Å². The lowest BCUT2D eigenvalue weighted by molar-refractivity contribution is -0.118. The molecule has 0 unspecified atom stereocenters. The van der Waals surface area contributed by atoms with E-state index in [1.807, 2.05) is 31.2 Å². The molecule has 0 aliphatic heterocycles. The van der Waals surface area contributed by atoms with E-state index in [-0.39, 0.29) is 0 Å². The van der Waals surface area contributed by atoms with Crippen molar-refractivity contribution in [1.29, 1.82) is 0 Å². The van der Waals surface area contributed by atoms with E-state index in [0.29, 0.717) is 18.6 Å². The maximum absolute atomic E-state index is 11.4. The van der Waals surface area contributed by atoms with Gasteiger partial charge in [-0.1, -0.05) is 49.4 Å². The van der Waals surface area contributed by atoms with Crippen LogP contribution in [0, 0.1) is 0 Å². The number of Topliss-reactive ketones (excluding diaryl/α,β-unsaturated/α-hetero) is 1. The van der Waals surface area contributed by atoms with Crippen LogP contribution in [0.25, 0.3) is 10.8 Å². The monoisotopic (exact) mass is 198 g/mol. The molecular weight excluding hydrogens is 184 g/mol.